The first kappa shape index (κ1) is 15.9. The first-order valence-electron chi connectivity index (χ1n) is 7.35. The fourth-order valence-electron chi connectivity index (χ4n) is 2.60. The van der Waals surface area contributed by atoms with Crippen molar-refractivity contribution in [3.05, 3.63) is 0 Å². The lowest BCUT2D eigenvalue weighted by Crippen LogP contribution is -2.48. The van der Waals surface area contributed by atoms with E-state index in [2.05, 4.69) is 44.8 Å². The van der Waals surface area contributed by atoms with Crippen molar-refractivity contribution >= 4 is 0 Å². The number of likely N-dealkylation sites (tertiary alicyclic amines) is 1. The van der Waals surface area contributed by atoms with Gasteiger partial charge in [-0.05, 0) is 59.5 Å². The highest BCUT2D eigenvalue weighted by Crippen LogP contribution is 2.21. The molecule has 0 aromatic carbocycles. The molecule has 0 amide bonds. The van der Waals surface area contributed by atoms with Crippen molar-refractivity contribution in [2.75, 3.05) is 26.7 Å². The molecule has 0 saturated carbocycles. The molecule has 1 aliphatic rings. The van der Waals surface area contributed by atoms with Gasteiger partial charge in [0, 0.05) is 25.2 Å². The Hall–Kier alpha value is -0.120. The molecule has 0 radical (unpaired) electrons. The van der Waals surface area contributed by atoms with Gasteiger partial charge in [0.1, 0.15) is 0 Å². The van der Waals surface area contributed by atoms with Gasteiger partial charge in [0.25, 0.3) is 0 Å². The highest BCUT2D eigenvalue weighted by Gasteiger charge is 2.28. The van der Waals surface area contributed by atoms with Gasteiger partial charge in [-0.15, -0.1) is 0 Å². The molecule has 0 aromatic rings. The van der Waals surface area contributed by atoms with Gasteiger partial charge in [0.15, 0.2) is 0 Å². The van der Waals surface area contributed by atoms with E-state index in [1.807, 2.05) is 7.11 Å². The minimum absolute atomic E-state index is 0.227. The van der Waals surface area contributed by atoms with E-state index in [-0.39, 0.29) is 5.54 Å². The molecule has 1 fully saturated rings. The number of nitrogens with zero attached hydrogens (tertiary/aromatic N) is 1. The monoisotopic (exact) mass is 256 g/mol. The van der Waals surface area contributed by atoms with Crippen molar-refractivity contribution in [2.24, 2.45) is 5.92 Å². The predicted octanol–water partition coefficient (Wildman–Crippen LogP) is 2.51. The summed E-state index contributed by atoms with van der Waals surface area (Å²) in [5.41, 5.74) is 0.227. The summed E-state index contributed by atoms with van der Waals surface area (Å²) in [6.07, 6.45) is 2.88. The first-order chi connectivity index (χ1) is 8.33. The molecule has 0 spiro atoms. The Balaban J connectivity index is 2.31. The van der Waals surface area contributed by atoms with Crippen LogP contribution >= 0.6 is 0 Å². The van der Waals surface area contributed by atoms with Crippen LogP contribution in [-0.4, -0.2) is 49.3 Å². The Morgan fingerprint density at radius 1 is 1.39 bits per heavy atom. The van der Waals surface area contributed by atoms with Crippen molar-refractivity contribution in [1.29, 1.82) is 0 Å². The van der Waals surface area contributed by atoms with E-state index >= 15 is 0 Å². The number of rotatable bonds is 5. The topological polar surface area (TPSA) is 24.5 Å². The Morgan fingerprint density at radius 2 is 2.06 bits per heavy atom. The van der Waals surface area contributed by atoms with Crippen LogP contribution in [0.25, 0.3) is 0 Å². The Morgan fingerprint density at radius 3 is 2.61 bits per heavy atom. The summed E-state index contributed by atoms with van der Waals surface area (Å²) in [4.78, 5) is 2.58. The van der Waals surface area contributed by atoms with Crippen molar-refractivity contribution < 1.29 is 4.74 Å². The Labute approximate surface area is 113 Å². The van der Waals surface area contributed by atoms with Crippen LogP contribution in [0.15, 0.2) is 0 Å². The maximum Gasteiger partial charge on any atom is 0.0724 e. The zero-order chi connectivity index (χ0) is 13.8. The van der Waals surface area contributed by atoms with Crippen LogP contribution in [0.1, 0.15) is 47.5 Å². The molecule has 0 aliphatic carbocycles. The molecule has 3 unspecified atom stereocenters. The second-order valence-electron chi connectivity index (χ2n) is 6.85. The van der Waals surface area contributed by atoms with Crippen LogP contribution in [0.5, 0.6) is 0 Å². The molecule has 108 valence electrons. The van der Waals surface area contributed by atoms with E-state index in [9.17, 15) is 0 Å². The molecule has 1 rings (SSSR count). The van der Waals surface area contributed by atoms with Gasteiger partial charge in [0.2, 0.25) is 0 Å². The predicted molar refractivity (Wildman–Crippen MR) is 78.0 cm³/mol. The first-order valence-corrected chi connectivity index (χ1v) is 7.35. The van der Waals surface area contributed by atoms with Gasteiger partial charge in [-0.3, -0.25) is 4.90 Å². The van der Waals surface area contributed by atoms with E-state index in [1.54, 1.807) is 0 Å². The Bertz CT molecular complexity index is 237. The molecule has 0 aromatic heterocycles. The quantitative estimate of drug-likeness (QED) is 0.818. The minimum Gasteiger partial charge on any atom is -0.380 e. The zero-order valence-electron chi connectivity index (χ0n) is 13.1. The van der Waals surface area contributed by atoms with Crippen molar-refractivity contribution in [3.63, 3.8) is 0 Å². The third-order valence-corrected chi connectivity index (χ3v) is 4.06. The third-order valence-electron chi connectivity index (χ3n) is 4.06. The summed E-state index contributed by atoms with van der Waals surface area (Å²) in [6, 6.07) is 0.644. The largest absolute Gasteiger partial charge is 0.380 e. The lowest BCUT2D eigenvalue weighted by molar-refractivity contribution is -0.0177. The summed E-state index contributed by atoms with van der Waals surface area (Å²) in [6.45, 7) is 14.7. The van der Waals surface area contributed by atoms with Crippen LogP contribution in [-0.2, 0) is 4.74 Å². The number of hydrogen-bond acceptors (Lipinski definition) is 3. The molecule has 3 heteroatoms. The minimum atomic E-state index is 0.227. The van der Waals surface area contributed by atoms with E-state index in [0.29, 0.717) is 18.1 Å². The van der Waals surface area contributed by atoms with E-state index < -0.39 is 0 Å². The van der Waals surface area contributed by atoms with Crippen LogP contribution in [0, 0.1) is 5.92 Å². The summed E-state index contributed by atoms with van der Waals surface area (Å²) < 4.78 is 5.59. The van der Waals surface area contributed by atoms with Gasteiger partial charge in [-0.2, -0.15) is 0 Å². The second kappa shape index (κ2) is 6.88. The molecule has 1 saturated heterocycles. The van der Waals surface area contributed by atoms with Crippen LogP contribution in [0.3, 0.4) is 0 Å². The number of hydrogen-bond donors (Lipinski definition) is 1. The number of piperidine rings is 1. The number of methoxy groups -OCH3 is 1. The molecule has 18 heavy (non-hydrogen) atoms. The normalized spacial score (nSPS) is 28.3. The molecular weight excluding hydrogens is 224 g/mol. The second-order valence-corrected chi connectivity index (χ2v) is 6.85. The highest BCUT2D eigenvalue weighted by atomic mass is 16.5. The zero-order valence-corrected chi connectivity index (χ0v) is 13.1. The third kappa shape index (κ3) is 5.25. The fourth-order valence-corrected chi connectivity index (χ4v) is 2.60. The molecule has 1 N–H and O–H groups in total. The van der Waals surface area contributed by atoms with Crippen molar-refractivity contribution in [2.45, 2.75) is 65.1 Å². The van der Waals surface area contributed by atoms with E-state index in [1.165, 1.54) is 19.4 Å². The van der Waals surface area contributed by atoms with E-state index in [4.69, 9.17) is 4.74 Å². The fraction of sp³-hybridized carbons (Fsp3) is 1.00. The van der Waals surface area contributed by atoms with Crippen molar-refractivity contribution in [1.82, 2.24) is 10.2 Å². The van der Waals surface area contributed by atoms with Crippen molar-refractivity contribution in [3.8, 4) is 0 Å². The average Bonchev–Trinajstić information content (AvgIpc) is 2.27. The molecule has 3 nitrogen and oxygen atoms in total. The standard InChI is InChI=1S/C15H32N2O/c1-12-8-10-17(11-14(12)18-6)13(2)7-9-16-15(3,4)5/h12-14,16H,7-11H2,1-6H3. The lowest BCUT2D eigenvalue weighted by Gasteiger charge is -2.39. The molecule has 0 bridgehead atoms. The maximum atomic E-state index is 5.59. The van der Waals surface area contributed by atoms with Gasteiger partial charge < -0.3 is 10.1 Å². The summed E-state index contributed by atoms with van der Waals surface area (Å²) in [5.74, 6) is 0.700. The van der Waals surface area contributed by atoms with Gasteiger partial charge in [-0.25, -0.2) is 0 Å². The van der Waals surface area contributed by atoms with Crippen LogP contribution < -0.4 is 5.32 Å². The molecule has 1 aliphatic heterocycles. The van der Waals surface area contributed by atoms with Gasteiger partial charge in [-0.1, -0.05) is 6.92 Å². The van der Waals surface area contributed by atoms with Gasteiger partial charge in [0.05, 0.1) is 6.10 Å². The van der Waals surface area contributed by atoms with Gasteiger partial charge >= 0.3 is 0 Å². The average molecular weight is 256 g/mol. The van der Waals surface area contributed by atoms with E-state index in [0.717, 1.165) is 13.1 Å². The smallest absolute Gasteiger partial charge is 0.0724 e. The summed E-state index contributed by atoms with van der Waals surface area (Å²) >= 11 is 0. The number of nitrogens with one attached hydrogen (secondary N) is 1. The lowest BCUT2D eigenvalue weighted by atomic mass is 9.94. The maximum absolute atomic E-state index is 5.59. The Kier molecular flexibility index (Phi) is 6.09. The summed E-state index contributed by atoms with van der Waals surface area (Å²) in [7, 11) is 1.84. The molecule has 1 heterocycles. The van der Waals surface area contributed by atoms with Crippen LogP contribution in [0.2, 0.25) is 0 Å². The highest BCUT2D eigenvalue weighted by molar-refractivity contribution is 4.82. The van der Waals surface area contributed by atoms with Crippen LogP contribution in [0.4, 0.5) is 0 Å². The molecule has 3 atom stereocenters. The molecular formula is C15H32N2O. The SMILES string of the molecule is COC1CN(C(C)CCNC(C)(C)C)CCC1C. The summed E-state index contributed by atoms with van der Waals surface area (Å²) in [5, 5.41) is 3.57. The number of ether oxygens (including phenoxy) is 1.